The van der Waals surface area contributed by atoms with Crippen LogP contribution in [0.25, 0.3) is 76.8 Å². The number of benzene rings is 6. The molecule has 0 fully saturated rings. The Kier molecular flexibility index (Phi) is 7.48. The third kappa shape index (κ3) is 5.53. The van der Waals surface area contributed by atoms with Crippen LogP contribution in [0.15, 0.2) is 109 Å². The maximum atomic E-state index is 3.89. The summed E-state index contributed by atoms with van der Waals surface area (Å²) in [5.41, 5.74) is 15.3. The van der Waals surface area contributed by atoms with Gasteiger partial charge in [-0.3, -0.25) is 0 Å². The van der Waals surface area contributed by atoms with E-state index in [0.29, 0.717) is 0 Å². The smallest absolute Gasteiger partial charge is 0.0581 e. The Bertz CT molecular complexity index is 2930. The molecule has 3 heterocycles. The highest BCUT2D eigenvalue weighted by molar-refractivity contribution is 6.13. The number of hydrogen-bond acceptors (Lipinski definition) is 0. The van der Waals surface area contributed by atoms with Gasteiger partial charge in [0.15, 0.2) is 0 Å². The summed E-state index contributed by atoms with van der Waals surface area (Å²) in [6.07, 6.45) is 0. The predicted molar refractivity (Wildman–Crippen MR) is 239 cm³/mol. The number of nitrogens with zero attached hydrogens (tertiary/aromatic N) is 2. The van der Waals surface area contributed by atoms with Crippen LogP contribution in [0.1, 0.15) is 105 Å². The molecular weight excluding hydrogens is 667 g/mol. The molecule has 0 aliphatic heterocycles. The molecule has 0 spiro atoms. The van der Waals surface area contributed by atoms with Gasteiger partial charge in [0.2, 0.25) is 0 Å². The summed E-state index contributed by atoms with van der Waals surface area (Å²) in [6, 6.07) is 41.7. The van der Waals surface area contributed by atoms with Crippen LogP contribution in [0, 0.1) is 0 Å². The Hall–Kier alpha value is -5.28. The second kappa shape index (κ2) is 11.6. The molecule has 278 valence electrons. The van der Waals surface area contributed by atoms with Crippen molar-refractivity contribution in [2.75, 3.05) is 0 Å². The van der Waals surface area contributed by atoms with Gasteiger partial charge in [0.05, 0.1) is 22.1 Å². The minimum atomic E-state index is -0.0503. The third-order valence-corrected chi connectivity index (χ3v) is 12.0. The first-order chi connectivity index (χ1) is 25.8. The second-order valence-electron chi connectivity index (χ2n) is 20.1. The average Bonchev–Trinajstić information content (AvgIpc) is 3.75. The molecule has 0 aliphatic carbocycles. The van der Waals surface area contributed by atoms with Crippen molar-refractivity contribution in [1.82, 2.24) is 14.1 Å². The molecule has 0 saturated carbocycles. The Morgan fingerprint density at radius 3 is 1.38 bits per heavy atom. The molecule has 0 bridgehead atoms. The Balaban J connectivity index is 1.26. The van der Waals surface area contributed by atoms with Gasteiger partial charge in [-0.1, -0.05) is 138 Å². The van der Waals surface area contributed by atoms with Crippen LogP contribution in [0.3, 0.4) is 0 Å². The average molecular weight is 722 g/mol. The van der Waals surface area contributed by atoms with E-state index in [0.717, 1.165) is 11.0 Å². The van der Waals surface area contributed by atoms with Crippen LogP contribution in [0.5, 0.6) is 0 Å². The molecule has 55 heavy (non-hydrogen) atoms. The van der Waals surface area contributed by atoms with Gasteiger partial charge < -0.3 is 14.1 Å². The largest absolute Gasteiger partial charge is 0.354 e. The van der Waals surface area contributed by atoms with Crippen molar-refractivity contribution in [2.24, 2.45) is 0 Å². The highest BCUT2D eigenvalue weighted by atomic mass is 15.0. The summed E-state index contributed by atoms with van der Waals surface area (Å²) < 4.78 is 4.98. The summed E-state index contributed by atoms with van der Waals surface area (Å²) in [4.78, 5) is 3.89. The summed E-state index contributed by atoms with van der Waals surface area (Å²) in [6.45, 7) is 27.9. The molecule has 3 aromatic heterocycles. The van der Waals surface area contributed by atoms with E-state index < -0.39 is 0 Å². The van der Waals surface area contributed by atoms with Gasteiger partial charge in [0, 0.05) is 54.7 Å². The molecule has 0 aliphatic rings. The standard InChI is InChI=1S/C52H55N3/c1-49(2,3)31-17-25-45-39(27-31)40-28-32(50(4,5)6)18-26-46(40)54(45)33-19-21-35-36-22-20-34(30-43(36)53-42(35)29-33)55-44-16-14-13-15-37(44)38-23-24-41(51(7,8)9)47(48(38)55)52(10,11)12/h13-30,53H,1-12H3. The molecule has 9 rings (SSSR count). The number of aromatic nitrogens is 3. The fourth-order valence-corrected chi connectivity index (χ4v) is 9.11. The fraction of sp³-hybridized carbons (Fsp3) is 0.308. The predicted octanol–water partition coefficient (Wildman–Crippen LogP) is 14.7. The van der Waals surface area contributed by atoms with Gasteiger partial charge in [0.1, 0.15) is 0 Å². The first kappa shape index (κ1) is 35.4. The normalized spacial score (nSPS) is 13.5. The molecule has 9 aromatic rings. The molecule has 3 nitrogen and oxygen atoms in total. The van der Waals surface area contributed by atoms with E-state index in [1.54, 1.807) is 0 Å². The molecule has 1 N–H and O–H groups in total. The van der Waals surface area contributed by atoms with Gasteiger partial charge in [-0.05, 0) is 98.5 Å². The fourth-order valence-electron chi connectivity index (χ4n) is 9.11. The second-order valence-corrected chi connectivity index (χ2v) is 20.1. The quantitative estimate of drug-likeness (QED) is 0.184. The number of nitrogens with one attached hydrogen (secondary N) is 1. The molecule has 6 aromatic carbocycles. The zero-order valence-electron chi connectivity index (χ0n) is 34.8. The maximum Gasteiger partial charge on any atom is 0.0581 e. The summed E-state index contributed by atoms with van der Waals surface area (Å²) >= 11 is 0. The first-order valence-corrected chi connectivity index (χ1v) is 20.0. The van der Waals surface area contributed by atoms with Gasteiger partial charge >= 0.3 is 0 Å². The zero-order valence-corrected chi connectivity index (χ0v) is 34.8. The first-order valence-electron chi connectivity index (χ1n) is 20.0. The van der Waals surface area contributed by atoms with E-state index in [-0.39, 0.29) is 21.7 Å². The van der Waals surface area contributed by atoms with Crippen molar-refractivity contribution in [3.63, 3.8) is 0 Å². The minimum Gasteiger partial charge on any atom is -0.354 e. The van der Waals surface area contributed by atoms with Crippen molar-refractivity contribution < 1.29 is 0 Å². The van der Waals surface area contributed by atoms with E-state index in [1.165, 1.54) is 88.0 Å². The monoisotopic (exact) mass is 721 g/mol. The highest BCUT2D eigenvalue weighted by Crippen LogP contribution is 2.44. The van der Waals surface area contributed by atoms with E-state index in [1.807, 2.05) is 0 Å². The maximum absolute atomic E-state index is 3.89. The lowest BCUT2D eigenvalue weighted by Gasteiger charge is -2.31. The number of hydrogen-bond donors (Lipinski definition) is 1. The van der Waals surface area contributed by atoms with Crippen molar-refractivity contribution in [1.29, 1.82) is 0 Å². The third-order valence-electron chi connectivity index (χ3n) is 12.0. The lowest BCUT2D eigenvalue weighted by molar-refractivity contribution is 0.533. The number of para-hydroxylation sites is 1. The van der Waals surface area contributed by atoms with Crippen LogP contribution in [0.4, 0.5) is 0 Å². The van der Waals surface area contributed by atoms with Crippen molar-refractivity contribution in [3.05, 3.63) is 131 Å². The summed E-state index contributed by atoms with van der Waals surface area (Å²) in [5.74, 6) is 0. The van der Waals surface area contributed by atoms with E-state index in [2.05, 4.69) is 206 Å². The molecular formula is C52H55N3. The molecule has 3 heteroatoms. The number of aromatic amines is 1. The summed E-state index contributed by atoms with van der Waals surface area (Å²) in [7, 11) is 0. The zero-order chi connectivity index (χ0) is 39.0. The topological polar surface area (TPSA) is 25.6 Å². The number of rotatable bonds is 2. The number of H-pyrrole nitrogens is 1. The molecule has 0 radical (unpaired) electrons. The van der Waals surface area contributed by atoms with Crippen molar-refractivity contribution in [2.45, 2.75) is 105 Å². The van der Waals surface area contributed by atoms with Crippen molar-refractivity contribution in [3.8, 4) is 11.4 Å². The number of fused-ring (bicyclic) bond motifs is 9. The van der Waals surface area contributed by atoms with Crippen LogP contribution in [-0.4, -0.2) is 14.1 Å². The van der Waals surface area contributed by atoms with Gasteiger partial charge in [-0.25, -0.2) is 0 Å². The van der Waals surface area contributed by atoms with Crippen molar-refractivity contribution >= 4 is 65.4 Å². The Morgan fingerprint density at radius 2 is 0.873 bits per heavy atom. The minimum absolute atomic E-state index is 0.0110. The summed E-state index contributed by atoms with van der Waals surface area (Å²) in [5, 5.41) is 7.70. The molecule has 0 unspecified atom stereocenters. The molecule has 0 atom stereocenters. The lowest BCUT2D eigenvalue weighted by atomic mass is 9.74. The van der Waals surface area contributed by atoms with Gasteiger partial charge in [0.25, 0.3) is 0 Å². The SMILES string of the molecule is CC(C)(C)c1ccc2c(c1)c1cc(C(C)(C)C)ccc1n2-c1ccc2c(c1)[nH]c1cc(-n3c4ccccc4c4ccc(C(C)(C)C)c(C(C)(C)C)c43)ccc12. The van der Waals surface area contributed by atoms with E-state index in [9.17, 15) is 0 Å². The molecule has 0 saturated heterocycles. The Morgan fingerprint density at radius 1 is 0.382 bits per heavy atom. The van der Waals surface area contributed by atoms with E-state index in [4.69, 9.17) is 0 Å². The van der Waals surface area contributed by atoms with Gasteiger partial charge in [-0.15, -0.1) is 0 Å². The van der Waals surface area contributed by atoms with Crippen LogP contribution >= 0.6 is 0 Å². The van der Waals surface area contributed by atoms with Crippen LogP contribution < -0.4 is 0 Å². The lowest BCUT2D eigenvalue weighted by Crippen LogP contribution is -2.23. The highest BCUT2D eigenvalue weighted by Gasteiger charge is 2.30. The Labute approximate surface area is 326 Å². The van der Waals surface area contributed by atoms with Crippen LogP contribution in [-0.2, 0) is 21.7 Å². The van der Waals surface area contributed by atoms with Gasteiger partial charge in [-0.2, -0.15) is 0 Å². The van der Waals surface area contributed by atoms with E-state index >= 15 is 0 Å². The van der Waals surface area contributed by atoms with Crippen LogP contribution in [0.2, 0.25) is 0 Å². The molecule has 0 amide bonds.